The third-order valence-electron chi connectivity index (χ3n) is 4.11. The highest BCUT2D eigenvalue weighted by atomic mass is 32.2. The van der Waals surface area contributed by atoms with Crippen LogP contribution in [0.4, 0.5) is 0 Å². The van der Waals surface area contributed by atoms with Crippen LogP contribution in [0.15, 0.2) is 30.0 Å². The molecule has 0 aromatic heterocycles. The summed E-state index contributed by atoms with van der Waals surface area (Å²) in [4.78, 5) is 41.7. The number of hydrogen-bond donors (Lipinski definition) is 3. The predicted molar refractivity (Wildman–Crippen MR) is 88.9 cm³/mol. The summed E-state index contributed by atoms with van der Waals surface area (Å²) in [6, 6.07) is 6.31. The predicted octanol–water partition coefficient (Wildman–Crippen LogP) is 0.643. The van der Waals surface area contributed by atoms with Crippen molar-refractivity contribution in [2.45, 2.75) is 18.4 Å². The van der Waals surface area contributed by atoms with Gasteiger partial charge < -0.3 is 10.2 Å². The van der Waals surface area contributed by atoms with Gasteiger partial charge in [-0.05, 0) is 24.6 Å². The zero-order valence-corrected chi connectivity index (χ0v) is 14.2. The van der Waals surface area contributed by atoms with Crippen molar-refractivity contribution < 1.29 is 29.4 Å². The largest absolute Gasteiger partial charge is 0.477 e. The van der Waals surface area contributed by atoms with Crippen molar-refractivity contribution in [3.63, 3.8) is 0 Å². The minimum Gasteiger partial charge on any atom is -0.477 e. The molecular weight excluding hydrogens is 348 g/mol. The molecule has 132 valence electrons. The number of fused-ring (bicyclic) bond motifs is 1. The van der Waals surface area contributed by atoms with Crippen LogP contribution in [-0.4, -0.2) is 51.5 Å². The summed E-state index contributed by atoms with van der Waals surface area (Å²) in [5.74, 6) is -2.64. The van der Waals surface area contributed by atoms with Crippen molar-refractivity contribution in [1.82, 2.24) is 10.4 Å². The van der Waals surface area contributed by atoms with E-state index >= 15 is 0 Å². The number of β-lactam (4-membered cyclic amide) rings is 1. The number of carboxylic acid groups (broad SMARTS) is 1. The molecule has 0 radical (unpaired) electrons. The number of aliphatic hydroxyl groups excluding tert-OH is 1. The Morgan fingerprint density at radius 3 is 2.48 bits per heavy atom. The second kappa shape index (κ2) is 6.51. The van der Waals surface area contributed by atoms with E-state index in [9.17, 15) is 24.6 Å². The first-order valence-electron chi connectivity index (χ1n) is 7.46. The highest BCUT2D eigenvalue weighted by Crippen LogP contribution is 2.53. The standard InChI is InChI=1S/C16H16N2O6S/c1-7(19)10-14(21)18-11(16(22)23)12(25-15(10)18)8-3-5-9(6-4-8)13(20)17-24-2/h3-7,10,15,19H,1-2H3,(H,17,20)(H,22,23)/t7-,10+,15-/m1/s1. The number of aliphatic carboxylic acids is 1. The maximum Gasteiger partial charge on any atom is 0.353 e. The van der Waals surface area contributed by atoms with Crippen LogP contribution in [0.25, 0.3) is 4.91 Å². The van der Waals surface area contributed by atoms with Gasteiger partial charge in [-0.2, -0.15) is 0 Å². The van der Waals surface area contributed by atoms with Crippen molar-refractivity contribution in [1.29, 1.82) is 0 Å². The maximum absolute atomic E-state index is 12.2. The number of rotatable bonds is 5. The van der Waals surface area contributed by atoms with Gasteiger partial charge in [0, 0.05) is 10.5 Å². The van der Waals surface area contributed by atoms with Crippen molar-refractivity contribution in [3.8, 4) is 0 Å². The summed E-state index contributed by atoms with van der Waals surface area (Å²) in [7, 11) is 1.32. The van der Waals surface area contributed by atoms with Gasteiger partial charge in [0.1, 0.15) is 11.1 Å². The van der Waals surface area contributed by atoms with E-state index in [1.807, 2.05) is 0 Å². The third-order valence-corrected chi connectivity index (χ3v) is 5.52. The molecule has 0 bridgehead atoms. The van der Waals surface area contributed by atoms with Gasteiger partial charge >= 0.3 is 5.97 Å². The van der Waals surface area contributed by atoms with Crippen LogP contribution < -0.4 is 5.48 Å². The van der Waals surface area contributed by atoms with E-state index in [1.165, 1.54) is 30.7 Å². The number of hydroxylamine groups is 1. The summed E-state index contributed by atoms with van der Waals surface area (Å²) in [6.07, 6.45) is -0.851. The third kappa shape index (κ3) is 2.80. The number of carbonyl (C=O) groups excluding carboxylic acids is 2. The molecule has 1 fully saturated rings. The Balaban J connectivity index is 1.92. The summed E-state index contributed by atoms with van der Waals surface area (Å²) in [6.45, 7) is 1.52. The first-order valence-corrected chi connectivity index (χ1v) is 8.34. The number of amides is 2. The maximum atomic E-state index is 12.2. The SMILES string of the molecule is CONC(=O)c1ccc(C2=C(C(=O)O)N3C(=O)[C@H]([C@@H](C)O)[C@H]3S2)cc1. The molecule has 8 nitrogen and oxygen atoms in total. The van der Waals surface area contributed by atoms with Crippen LogP contribution in [0, 0.1) is 5.92 Å². The van der Waals surface area contributed by atoms with Crippen LogP contribution in [0.5, 0.6) is 0 Å². The number of nitrogens with one attached hydrogen (secondary N) is 1. The summed E-state index contributed by atoms with van der Waals surface area (Å²) < 4.78 is 0. The quantitative estimate of drug-likeness (QED) is 0.519. The average Bonchev–Trinajstić information content (AvgIpc) is 2.90. The van der Waals surface area contributed by atoms with Crippen molar-refractivity contribution in [2.75, 3.05) is 7.11 Å². The molecule has 2 aliphatic rings. The van der Waals surface area contributed by atoms with E-state index in [4.69, 9.17) is 0 Å². The Labute approximate surface area is 147 Å². The van der Waals surface area contributed by atoms with E-state index < -0.39 is 35.2 Å². The molecule has 3 rings (SSSR count). The first-order chi connectivity index (χ1) is 11.9. The zero-order valence-electron chi connectivity index (χ0n) is 13.4. The lowest BCUT2D eigenvalue weighted by atomic mass is 9.92. The normalized spacial score (nSPS) is 23.2. The van der Waals surface area contributed by atoms with E-state index in [-0.39, 0.29) is 5.70 Å². The van der Waals surface area contributed by atoms with Gasteiger partial charge in [0.25, 0.3) is 5.91 Å². The summed E-state index contributed by atoms with van der Waals surface area (Å²) in [5.41, 5.74) is 3.04. The lowest BCUT2D eigenvalue weighted by molar-refractivity contribution is -0.156. The molecule has 0 aliphatic carbocycles. The minimum atomic E-state index is -1.21. The molecule has 9 heteroatoms. The Bertz CT molecular complexity index is 773. The molecule has 1 saturated heterocycles. The van der Waals surface area contributed by atoms with Gasteiger partial charge in [-0.25, -0.2) is 10.3 Å². The van der Waals surface area contributed by atoms with Crippen LogP contribution >= 0.6 is 11.8 Å². The van der Waals surface area contributed by atoms with Crippen molar-refractivity contribution in [2.24, 2.45) is 5.92 Å². The lowest BCUT2D eigenvalue weighted by Gasteiger charge is -2.43. The van der Waals surface area contributed by atoms with Crippen molar-refractivity contribution in [3.05, 3.63) is 41.1 Å². The second-order valence-electron chi connectivity index (χ2n) is 5.68. The zero-order chi connectivity index (χ0) is 18.3. The smallest absolute Gasteiger partial charge is 0.353 e. The van der Waals surface area contributed by atoms with Gasteiger partial charge in [0.2, 0.25) is 5.91 Å². The second-order valence-corrected chi connectivity index (χ2v) is 6.81. The molecule has 1 aromatic rings. The summed E-state index contributed by atoms with van der Waals surface area (Å²) in [5, 5.41) is 18.8. The van der Waals surface area contributed by atoms with Gasteiger partial charge in [0.15, 0.2) is 0 Å². The first kappa shape index (κ1) is 17.5. The monoisotopic (exact) mass is 364 g/mol. The molecule has 2 amide bonds. The van der Waals surface area contributed by atoms with Gasteiger partial charge in [-0.1, -0.05) is 23.9 Å². The van der Waals surface area contributed by atoms with E-state index in [1.54, 1.807) is 24.3 Å². The Morgan fingerprint density at radius 2 is 1.96 bits per heavy atom. The molecule has 0 spiro atoms. The molecule has 0 unspecified atom stereocenters. The Morgan fingerprint density at radius 1 is 1.32 bits per heavy atom. The fourth-order valence-corrected chi connectivity index (χ4v) is 4.53. The van der Waals surface area contributed by atoms with Crippen LogP contribution in [0.3, 0.4) is 0 Å². The molecular formula is C16H16N2O6S. The molecule has 25 heavy (non-hydrogen) atoms. The van der Waals surface area contributed by atoms with Gasteiger partial charge in [-0.15, -0.1) is 0 Å². The Hall–Kier alpha value is -2.36. The Kier molecular flexibility index (Phi) is 4.55. The molecule has 2 aliphatic heterocycles. The molecule has 3 N–H and O–H groups in total. The number of hydrogen-bond acceptors (Lipinski definition) is 6. The molecule has 2 heterocycles. The number of nitrogens with zero attached hydrogens (tertiary/aromatic N) is 1. The molecule has 0 saturated carbocycles. The van der Waals surface area contributed by atoms with Gasteiger partial charge in [0.05, 0.1) is 19.1 Å². The highest BCUT2D eigenvalue weighted by molar-refractivity contribution is 8.09. The fourth-order valence-electron chi connectivity index (χ4n) is 2.91. The summed E-state index contributed by atoms with van der Waals surface area (Å²) >= 11 is 1.23. The molecule has 3 atom stereocenters. The van der Waals surface area contributed by atoms with E-state index in [0.29, 0.717) is 16.0 Å². The van der Waals surface area contributed by atoms with Crippen LogP contribution in [0.1, 0.15) is 22.8 Å². The topological polar surface area (TPSA) is 116 Å². The van der Waals surface area contributed by atoms with Gasteiger partial charge in [-0.3, -0.25) is 19.3 Å². The minimum absolute atomic E-state index is 0.0917. The lowest BCUT2D eigenvalue weighted by Crippen LogP contribution is -2.60. The van der Waals surface area contributed by atoms with Crippen LogP contribution in [-0.2, 0) is 14.4 Å². The fraction of sp³-hybridized carbons (Fsp3) is 0.312. The number of benzene rings is 1. The van der Waals surface area contributed by atoms with E-state index in [0.717, 1.165) is 0 Å². The highest BCUT2D eigenvalue weighted by Gasteiger charge is 2.57. The number of thioether (sulfide) groups is 1. The van der Waals surface area contributed by atoms with Crippen LogP contribution in [0.2, 0.25) is 0 Å². The number of aliphatic hydroxyl groups is 1. The number of carbonyl (C=O) groups is 3. The molecule has 1 aromatic carbocycles. The number of carboxylic acids is 1. The van der Waals surface area contributed by atoms with Crippen molar-refractivity contribution >= 4 is 34.5 Å². The van der Waals surface area contributed by atoms with E-state index in [2.05, 4.69) is 10.3 Å². The average molecular weight is 364 g/mol.